The standard InChI is InChI=1S/C11H12N4O3/c16-7-1-3-14(6-7)9-2-4-15-10(13-9)8(5-12-15)11(17)18/h2,4-5,7,16H,1,3,6H2,(H,17,18)/t7-/m0/s1. The van der Waals surface area contributed by atoms with E-state index in [4.69, 9.17) is 5.11 Å². The normalized spacial score (nSPS) is 19.6. The number of rotatable bonds is 2. The molecule has 0 spiro atoms. The predicted octanol–water partition coefficient (Wildman–Crippen LogP) is -0.00150. The second-order valence-electron chi connectivity index (χ2n) is 4.31. The Morgan fingerprint density at radius 3 is 3.00 bits per heavy atom. The largest absolute Gasteiger partial charge is 0.477 e. The number of aromatic carboxylic acids is 1. The van der Waals surface area contributed by atoms with E-state index >= 15 is 0 Å². The SMILES string of the molecule is O=C(O)c1cnn2ccc(N3CC[C@H](O)C3)nc12. The molecule has 0 saturated carbocycles. The van der Waals surface area contributed by atoms with Crippen molar-refractivity contribution in [1.82, 2.24) is 14.6 Å². The first kappa shape index (κ1) is 11.0. The zero-order valence-electron chi connectivity index (χ0n) is 9.52. The van der Waals surface area contributed by atoms with Crippen molar-refractivity contribution in [2.75, 3.05) is 18.0 Å². The number of aliphatic hydroxyl groups excluding tert-OH is 1. The summed E-state index contributed by atoms with van der Waals surface area (Å²) in [5.41, 5.74) is 0.401. The third-order valence-corrected chi connectivity index (χ3v) is 3.07. The van der Waals surface area contributed by atoms with Gasteiger partial charge in [-0.25, -0.2) is 14.3 Å². The molecule has 0 radical (unpaired) electrons. The Labute approximate surface area is 102 Å². The molecule has 0 bridgehead atoms. The maximum atomic E-state index is 11.0. The van der Waals surface area contributed by atoms with Gasteiger partial charge in [-0.2, -0.15) is 5.10 Å². The average molecular weight is 248 g/mol. The summed E-state index contributed by atoms with van der Waals surface area (Å²) in [6, 6.07) is 1.77. The van der Waals surface area contributed by atoms with Gasteiger partial charge in [0.25, 0.3) is 0 Å². The molecule has 0 aliphatic carbocycles. The van der Waals surface area contributed by atoms with E-state index in [1.165, 1.54) is 10.7 Å². The minimum Gasteiger partial charge on any atom is -0.477 e. The Bertz CT molecular complexity index is 609. The number of β-amino-alcohol motifs (C(OH)–C–C–N with tert-alkyl or cyclic N) is 1. The van der Waals surface area contributed by atoms with Gasteiger partial charge in [0.05, 0.1) is 12.3 Å². The van der Waals surface area contributed by atoms with E-state index in [9.17, 15) is 9.90 Å². The fraction of sp³-hybridized carbons (Fsp3) is 0.364. The van der Waals surface area contributed by atoms with Crippen molar-refractivity contribution in [3.8, 4) is 0 Å². The number of hydrogen-bond acceptors (Lipinski definition) is 5. The summed E-state index contributed by atoms with van der Waals surface area (Å²) in [5.74, 6) is -0.377. The number of anilines is 1. The Morgan fingerprint density at radius 2 is 2.33 bits per heavy atom. The molecule has 18 heavy (non-hydrogen) atoms. The van der Waals surface area contributed by atoms with E-state index in [1.807, 2.05) is 4.90 Å². The number of carboxylic acid groups (broad SMARTS) is 1. The number of carboxylic acids is 1. The number of hydrogen-bond donors (Lipinski definition) is 2. The van der Waals surface area contributed by atoms with Crippen LogP contribution in [0.2, 0.25) is 0 Å². The van der Waals surface area contributed by atoms with Crippen LogP contribution in [0.4, 0.5) is 5.82 Å². The molecule has 0 aromatic carbocycles. The quantitative estimate of drug-likeness (QED) is 0.777. The van der Waals surface area contributed by atoms with Crippen LogP contribution in [-0.2, 0) is 0 Å². The predicted molar refractivity (Wildman–Crippen MR) is 62.8 cm³/mol. The first-order valence-electron chi connectivity index (χ1n) is 5.66. The van der Waals surface area contributed by atoms with Crippen LogP contribution in [0, 0.1) is 0 Å². The van der Waals surface area contributed by atoms with Crippen LogP contribution in [0.25, 0.3) is 5.65 Å². The molecule has 0 unspecified atom stereocenters. The molecule has 2 N–H and O–H groups in total. The number of fused-ring (bicyclic) bond motifs is 1. The molecular weight excluding hydrogens is 236 g/mol. The smallest absolute Gasteiger partial charge is 0.341 e. The molecule has 2 aromatic rings. The summed E-state index contributed by atoms with van der Waals surface area (Å²) >= 11 is 0. The molecule has 1 fully saturated rings. The van der Waals surface area contributed by atoms with Crippen LogP contribution in [0.3, 0.4) is 0 Å². The summed E-state index contributed by atoms with van der Waals surface area (Å²) in [6.07, 6.45) is 3.33. The molecule has 3 rings (SSSR count). The van der Waals surface area contributed by atoms with Gasteiger partial charge in [0.2, 0.25) is 0 Å². The Hall–Kier alpha value is -2.15. The van der Waals surface area contributed by atoms with Crippen LogP contribution >= 0.6 is 0 Å². The molecule has 2 aromatic heterocycles. The van der Waals surface area contributed by atoms with Gasteiger partial charge in [-0.15, -0.1) is 0 Å². The van der Waals surface area contributed by atoms with Crippen LogP contribution in [0.1, 0.15) is 16.8 Å². The zero-order valence-corrected chi connectivity index (χ0v) is 9.52. The first-order valence-corrected chi connectivity index (χ1v) is 5.66. The second kappa shape index (κ2) is 3.95. The summed E-state index contributed by atoms with van der Waals surface area (Å²) in [4.78, 5) is 17.3. The molecule has 7 heteroatoms. The van der Waals surface area contributed by atoms with Crippen LogP contribution < -0.4 is 4.90 Å². The molecule has 3 heterocycles. The lowest BCUT2D eigenvalue weighted by atomic mass is 10.3. The fourth-order valence-corrected chi connectivity index (χ4v) is 2.14. The van der Waals surface area contributed by atoms with Crippen LogP contribution in [0.15, 0.2) is 18.5 Å². The Kier molecular flexibility index (Phi) is 2.41. The maximum absolute atomic E-state index is 11.0. The van der Waals surface area contributed by atoms with Gasteiger partial charge in [-0.3, -0.25) is 0 Å². The van der Waals surface area contributed by atoms with Crippen molar-refractivity contribution in [1.29, 1.82) is 0 Å². The van der Waals surface area contributed by atoms with Crippen molar-refractivity contribution in [3.05, 3.63) is 24.0 Å². The van der Waals surface area contributed by atoms with E-state index in [-0.39, 0.29) is 11.7 Å². The van der Waals surface area contributed by atoms with Crippen molar-refractivity contribution in [3.63, 3.8) is 0 Å². The van der Waals surface area contributed by atoms with E-state index in [1.54, 1.807) is 12.3 Å². The summed E-state index contributed by atoms with van der Waals surface area (Å²) in [6.45, 7) is 1.25. The van der Waals surface area contributed by atoms with Crippen molar-refractivity contribution in [2.24, 2.45) is 0 Å². The van der Waals surface area contributed by atoms with Crippen molar-refractivity contribution in [2.45, 2.75) is 12.5 Å². The van der Waals surface area contributed by atoms with Crippen molar-refractivity contribution >= 4 is 17.4 Å². The van der Waals surface area contributed by atoms with Crippen LogP contribution in [-0.4, -0.2) is 50.0 Å². The molecule has 7 nitrogen and oxygen atoms in total. The molecule has 0 amide bonds. The lowest BCUT2D eigenvalue weighted by Gasteiger charge is -2.16. The maximum Gasteiger partial charge on any atom is 0.341 e. The molecule has 1 aliphatic heterocycles. The van der Waals surface area contributed by atoms with Gasteiger partial charge in [-0.05, 0) is 12.5 Å². The second-order valence-corrected chi connectivity index (χ2v) is 4.31. The van der Waals surface area contributed by atoms with E-state index in [0.717, 1.165) is 6.54 Å². The monoisotopic (exact) mass is 248 g/mol. The van der Waals surface area contributed by atoms with Gasteiger partial charge >= 0.3 is 5.97 Å². The highest BCUT2D eigenvalue weighted by atomic mass is 16.4. The number of aromatic nitrogens is 3. The summed E-state index contributed by atoms with van der Waals surface area (Å²) in [7, 11) is 0. The van der Waals surface area contributed by atoms with Crippen molar-refractivity contribution < 1.29 is 15.0 Å². The Balaban J connectivity index is 2.04. The highest BCUT2D eigenvalue weighted by Crippen LogP contribution is 2.19. The average Bonchev–Trinajstić information content (AvgIpc) is 2.93. The van der Waals surface area contributed by atoms with Crippen LogP contribution in [0.5, 0.6) is 0 Å². The highest BCUT2D eigenvalue weighted by Gasteiger charge is 2.22. The molecule has 94 valence electrons. The summed E-state index contributed by atoms with van der Waals surface area (Å²) in [5, 5.41) is 22.4. The van der Waals surface area contributed by atoms with Gasteiger partial charge in [0.1, 0.15) is 11.4 Å². The minimum absolute atomic E-state index is 0.0802. The molecule has 1 saturated heterocycles. The van der Waals surface area contributed by atoms with E-state index < -0.39 is 5.97 Å². The first-order chi connectivity index (χ1) is 8.65. The zero-order chi connectivity index (χ0) is 12.7. The highest BCUT2D eigenvalue weighted by molar-refractivity contribution is 5.94. The lowest BCUT2D eigenvalue weighted by molar-refractivity contribution is 0.0698. The number of carbonyl (C=O) groups is 1. The molecule has 1 aliphatic rings. The number of aliphatic hydroxyl groups is 1. The van der Waals surface area contributed by atoms with E-state index in [0.29, 0.717) is 24.4 Å². The van der Waals surface area contributed by atoms with Gasteiger partial charge in [-0.1, -0.05) is 0 Å². The summed E-state index contributed by atoms with van der Waals surface area (Å²) < 4.78 is 1.43. The fourth-order valence-electron chi connectivity index (χ4n) is 2.14. The number of nitrogens with zero attached hydrogens (tertiary/aromatic N) is 4. The molecule has 1 atom stereocenters. The lowest BCUT2D eigenvalue weighted by Crippen LogP contribution is -2.22. The van der Waals surface area contributed by atoms with E-state index in [2.05, 4.69) is 10.1 Å². The third-order valence-electron chi connectivity index (χ3n) is 3.07. The minimum atomic E-state index is -1.05. The molecular formula is C11H12N4O3. The van der Waals surface area contributed by atoms with Gasteiger partial charge in [0, 0.05) is 19.3 Å². The topological polar surface area (TPSA) is 91.0 Å². The van der Waals surface area contributed by atoms with Gasteiger partial charge in [0.15, 0.2) is 5.65 Å². The Morgan fingerprint density at radius 1 is 1.50 bits per heavy atom. The van der Waals surface area contributed by atoms with Gasteiger partial charge < -0.3 is 15.1 Å². The third kappa shape index (κ3) is 1.68.